The fourth-order valence-electron chi connectivity index (χ4n) is 2.82. The summed E-state index contributed by atoms with van der Waals surface area (Å²) < 4.78 is 0. The molecule has 27 heavy (non-hydrogen) atoms. The van der Waals surface area contributed by atoms with Gasteiger partial charge in [0.2, 0.25) is 0 Å². The molecule has 0 bridgehead atoms. The third kappa shape index (κ3) is 3.27. The van der Waals surface area contributed by atoms with E-state index in [1.807, 2.05) is 48.5 Å². The van der Waals surface area contributed by atoms with E-state index in [0.29, 0.717) is 15.8 Å². The minimum absolute atomic E-state index is 0.211. The Kier molecular flexibility index (Phi) is 4.33. The molecule has 6 nitrogen and oxygen atoms in total. The van der Waals surface area contributed by atoms with Crippen molar-refractivity contribution in [3.8, 4) is 0 Å². The van der Waals surface area contributed by atoms with E-state index in [9.17, 15) is 9.59 Å². The van der Waals surface area contributed by atoms with Crippen LogP contribution in [0.2, 0.25) is 0 Å². The van der Waals surface area contributed by atoms with Crippen LogP contribution < -0.4 is 10.7 Å². The molecule has 0 unspecified atom stereocenters. The van der Waals surface area contributed by atoms with Crippen molar-refractivity contribution in [3.63, 3.8) is 0 Å². The number of rotatable bonds is 3. The molecule has 0 fully saturated rings. The standard InChI is InChI=1S/C20H18N4O2S/c1-20(2)18(26)22-19-24(23-20)15(13-9-5-3-6-10-13)17(27-19)21-16(25)14-11-7-4-8-12-14/h3-12,23H,1-2H3,(H,21,25). The maximum atomic E-state index is 12.7. The summed E-state index contributed by atoms with van der Waals surface area (Å²) >= 11 is 1.27. The molecular formula is C20H18N4O2S. The highest BCUT2D eigenvalue weighted by Gasteiger charge is 2.42. The van der Waals surface area contributed by atoms with E-state index >= 15 is 0 Å². The highest BCUT2D eigenvalue weighted by atomic mass is 32.2. The average Bonchev–Trinajstić information content (AvgIpc) is 2.99. The average molecular weight is 378 g/mol. The molecule has 136 valence electrons. The number of nitrogens with zero attached hydrogens (tertiary/aromatic N) is 2. The van der Waals surface area contributed by atoms with Gasteiger partial charge in [0, 0.05) is 11.1 Å². The first kappa shape index (κ1) is 17.5. The van der Waals surface area contributed by atoms with Crippen LogP contribution in [0.4, 0.5) is 0 Å². The van der Waals surface area contributed by atoms with Gasteiger partial charge >= 0.3 is 0 Å². The van der Waals surface area contributed by atoms with Crippen LogP contribution in [-0.2, 0) is 4.79 Å². The molecule has 0 aliphatic carbocycles. The van der Waals surface area contributed by atoms with E-state index in [1.54, 1.807) is 31.0 Å². The number of benzene rings is 2. The van der Waals surface area contributed by atoms with Gasteiger partial charge in [0.05, 0.1) is 5.70 Å². The highest BCUT2D eigenvalue weighted by Crippen LogP contribution is 2.40. The molecule has 0 saturated heterocycles. The van der Waals surface area contributed by atoms with Crippen molar-refractivity contribution in [1.82, 2.24) is 15.8 Å². The van der Waals surface area contributed by atoms with Crippen molar-refractivity contribution in [2.24, 2.45) is 4.99 Å². The minimum Gasteiger partial charge on any atom is -0.314 e. The Hall–Kier alpha value is -2.90. The molecule has 2 heterocycles. The zero-order valence-electron chi connectivity index (χ0n) is 14.9. The van der Waals surface area contributed by atoms with Crippen LogP contribution in [0, 0.1) is 0 Å². The Bertz CT molecular complexity index is 968. The Labute approximate surface area is 161 Å². The number of thioether (sulfide) groups is 1. The summed E-state index contributed by atoms with van der Waals surface area (Å²) in [5.41, 5.74) is 4.63. The van der Waals surface area contributed by atoms with E-state index in [1.165, 1.54) is 11.8 Å². The van der Waals surface area contributed by atoms with Crippen LogP contribution in [0.1, 0.15) is 29.8 Å². The molecule has 0 spiro atoms. The van der Waals surface area contributed by atoms with Crippen molar-refractivity contribution >= 4 is 34.4 Å². The van der Waals surface area contributed by atoms with E-state index in [2.05, 4.69) is 15.7 Å². The Balaban J connectivity index is 1.75. The first-order valence-electron chi connectivity index (χ1n) is 8.51. The van der Waals surface area contributed by atoms with E-state index in [0.717, 1.165) is 11.3 Å². The normalized spacial score (nSPS) is 18.2. The van der Waals surface area contributed by atoms with Crippen LogP contribution in [-0.4, -0.2) is 27.5 Å². The van der Waals surface area contributed by atoms with Gasteiger partial charge in [0.25, 0.3) is 11.8 Å². The number of aliphatic imine (C=N–C) groups is 1. The fraction of sp³-hybridized carbons (Fsp3) is 0.150. The van der Waals surface area contributed by atoms with Crippen LogP contribution in [0.25, 0.3) is 5.70 Å². The summed E-state index contributed by atoms with van der Waals surface area (Å²) in [5.74, 6) is -0.457. The van der Waals surface area contributed by atoms with Gasteiger partial charge in [0.15, 0.2) is 5.17 Å². The van der Waals surface area contributed by atoms with Crippen molar-refractivity contribution in [1.29, 1.82) is 0 Å². The minimum atomic E-state index is -0.830. The molecule has 2 amide bonds. The predicted molar refractivity (Wildman–Crippen MR) is 106 cm³/mol. The number of amides is 2. The van der Waals surface area contributed by atoms with E-state index in [-0.39, 0.29) is 11.8 Å². The van der Waals surface area contributed by atoms with Crippen molar-refractivity contribution in [3.05, 3.63) is 76.8 Å². The van der Waals surface area contributed by atoms with Gasteiger partial charge in [-0.2, -0.15) is 4.99 Å². The number of nitrogens with one attached hydrogen (secondary N) is 2. The second-order valence-electron chi connectivity index (χ2n) is 6.74. The summed E-state index contributed by atoms with van der Waals surface area (Å²) in [5, 5.41) is 5.88. The maximum absolute atomic E-state index is 12.7. The fourth-order valence-corrected chi connectivity index (χ4v) is 3.81. The van der Waals surface area contributed by atoms with Gasteiger partial charge < -0.3 is 5.32 Å². The highest BCUT2D eigenvalue weighted by molar-refractivity contribution is 8.17. The lowest BCUT2D eigenvalue weighted by Crippen LogP contribution is -2.58. The Morgan fingerprint density at radius 3 is 2.37 bits per heavy atom. The number of carbonyl (C=O) groups excluding carboxylic acids is 2. The van der Waals surface area contributed by atoms with Crippen LogP contribution >= 0.6 is 11.8 Å². The molecule has 2 N–H and O–H groups in total. The molecule has 0 saturated carbocycles. The number of amidine groups is 1. The van der Waals surface area contributed by atoms with Crippen LogP contribution in [0.5, 0.6) is 0 Å². The lowest BCUT2D eigenvalue weighted by molar-refractivity contribution is -0.124. The molecule has 7 heteroatoms. The summed E-state index contributed by atoms with van der Waals surface area (Å²) in [6.07, 6.45) is 0. The number of fused-ring (bicyclic) bond motifs is 1. The molecular weight excluding hydrogens is 360 g/mol. The van der Waals surface area contributed by atoms with Crippen molar-refractivity contribution in [2.75, 3.05) is 0 Å². The molecule has 2 aromatic carbocycles. The van der Waals surface area contributed by atoms with Gasteiger partial charge in [-0.05, 0) is 37.7 Å². The summed E-state index contributed by atoms with van der Waals surface area (Å²) in [6.45, 7) is 3.56. The van der Waals surface area contributed by atoms with Crippen LogP contribution in [0.15, 0.2) is 70.7 Å². The summed E-state index contributed by atoms with van der Waals surface area (Å²) in [4.78, 5) is 29.1. The molecule has 0 radical (unpaired) electrons. The largest absolute Gasteiger partial charge is 0.314 e. The van der Waals surface area contributed by atoms with Crippen molar-refractivity contribution in [2.45, 2.75) is 19.4 Å². The SMILES string of the molecule is CC1(C)NN2C(=NC1=O)SC(NC(=O)c1ccccc1)=C2c1ccccc1. The van der Waals surface area contributed by atoms with Gasteiger partial charge in [-0.1, -0.05) is 48.5 Å². The zero-order valence-corrected chi connectivity index (χ0v) is 15.7. The number of hydrogen-bond donors (Lipinski definition) is 2. The lowest BCUT2D eigenvalue weighted by atomic mass is 10.1. The second-order valence-corrected chi connectivity index (χ2v) is 7.72. The van der Waals surface area contributed by atoms with Crippen molar-refractivity contribution < 1.29 is 9.59 Å². The number of carbonyl (C=O) groups is 2. The first-order valence-corrected chi connectivity index (χ1v) is 9.32. The summed E-state index contributed by atoms with van der Waals surface area (Å²) in [7, 11) is 0. The predicted octanol–water partition coefficient (Wildman–Crippen LogP) is 2.97. The third-order valence-corrected chi connectivity index (χ3v) is 5.21. The van der Waals surface area contributed by atoms with Gasteiger partial charge in [0.1, 0.15) is 10.6 Å². The first-order chi connectivity index (χ1) is 13.0. The van der Waals surface area contributed by atoms with Gasteiger partial charge in [-0.3, -0.25) is 9.59 Å². The number of hydrogen-bond acceptors (Lipinski definition) is 5. The van der Waals surface area contributed by atoms with Crippen LogP contribution in [0.3, 0.4) is 0 Å². The van der Waals surface area contributed by atoms with E-state index in [4.69, 9.17) is 0 Å². The Morgan fingerprint density at radius 1 is 1.07 bits per heavy atom. The Morgan fingerprint density at radius 2 is 1.70 bits per heavy atom. The quantitative estimate of drug-likeness (QED) is 0.859. The summed E-state index contributed by atoms with van der Waals surface area (Å²) in [6, 6.07) is 18.7. The zero-order chi connectivity index (χ0) is 19.0. The smallest absolute Gasteiger partial charge is 0.269 e. The van der Waals surface area contributed by atoms with E-state index < -0.39 is 5.54 Å². The second kappa shape index (κ2) is 6.68. The number of hydrazine groups is 1. The van der Waals surface area contributed by atoms with Gasteiger partial charge in [-0.25, -0.2) is 10.4 Å². The molecule has 2 aromatic rings. The van der Waals surface area contributed by atoms with Gasteiger partial charge in [-0.15, -0.1) is 0 Å². The molecule has 4 rings (SSSR count). The topological polar surface area (TPSA) is 73.8 Å². The molecule has 2 aliphatic heterocycles. The molecule has 0 aromatic heterocycles. The maximum Gasteiger partial charge on any atom is 0.269 e. The molecule has 2 aliphatic rings. The monoisotopic (exact) mass is 378 g/mol. The molecule has 0 atom stereocenters. The lowest BCUT2D eigenvalue weighted by Gasteiger charge is -2.35. The third-order valence-electron chi connectivity index (χ3n) is 4.26.